The van der Waals surface area contributed by atoms with Gasteiger partial charge in [0.05, 0.1) is 28.9 Å². The number of nitrogens with zero attached hydrogens (tertiary/aromatic N) is 3. The van der Waals surface area contributed by atoms with E-state index in [-0.39, 0.29) is 18.1 Å². The second kappa shape index (κ2) is 7.00. The Balaban J connectivity index is 1.47. The van der Waals surface area contributed by atoms with Crippen molar-refractivity contribution >= 4 is 28.4 Å². The molecule has 1 N–H and O–H groups in total. The quantitative estimate of drug-likeness (QED) is 0.765. The van der Waals surface area contributed by atoms with Crippen LogP contribution in [0.2, 0.25) is 0 Å². The molecule has 27 heavy (non-hydrogen) atoms. The molecule has 1 aliphatic rings. The van der Waals surface area contributed by atoms with E-state index >= 15 is 0 Å². The lowest BCUT2D eigenvalue weighted by atomic mass is 10.1. The molecule has 7 heteroatoms. The molecule has 4 rings (SSSR count). The van der Waals surface area contributed by atoms with E-state index in [2.05, 4.69) is 34.2 Å². The zero-order valence-corrected chi connectivity index (χ0v) is 15.6. The van der Waals surface area contributed by atoms with Crippen LogP contribution in [0.25, 0.3) is 11.1 Å². The lowest BCUT2D eigenvalue weighted by molar-refractivity contribution is -0.00521. The summed E-state index contributed by atoms with van der Waals surface area (Å²) in [4.78, 5) is 19.0. The van der Waals surface area contributed by atoms with E-state index in [9.17, 15) is 4.79 Å². The number of amides is 1. The number of morpholine rings is 1. The summed E-state index contributed by atoms with van der Waals surface area (Å²) in [7, 11) is 0. The lowest BCUT2D eigenvalue weighted by Crippen LogP contribution is -2.45. The van der Waals surface area contributed by atoms with Gasteiger partial charge in [-0.15, -0.1) is 0 Å². The molecule has 1 fully saturated rings. The first-order chi connectivity index (χ1) is 13.0. The number of carbonyl (C=O) groups is 1. The van der Waals surface area contributed by atoms with Crippen LogP contribution in [0, 0.1) is 6.92 Å². The molecular weight excluding hydrogens is 344 g/mol. The molecule has 1 aromatic carbocycles. The fourth-order valence-electron chi connectivity index (χ4n) is 3.42. The normalized spacial score (nSPS) is 20.0. The number of aryl methyl sites for hydroxylation is 1. The van der Waals surface area contributed by atoms with Crippen molar-refractivity contribution in [2.45, 2.75) is 33.0 Å². The van der Waals surface area contributed by atoms with Gasteiger partial charge in [-0.3, -0.25) is 4.79 Å². The smallest absolute Gasteiger partial charge is 0.257 e. The second-order valence-electron chi connectivity index (χ2n) is 7.01. The maximum Gasteiger partial charge on any atom is 0.257 e. The highest BCUT2D eigenvalue weighted by Gasteiger charge is 2.22. The Morgan fingerprint density at radius 3 is 2.59 bits per heavy atom. The molecule has 3 heterocycles. The summed E-state index contributed by atoms with van der Waals surface area (Å²) in [5.74, 6) is -0.216. The fraction of sp³-hybridized carbons (Fsp3) is 0.350. The van der Waals surface area contributed by atoms with Gasteiger partial charge in [0, 0.05) is 30.7 Å². The van der Waals surface area contributed by atoms with E-state index in [0.29, 0.717) is 17.0 Å². The summed E-state index contributed by atoms with van der Waals surface area (Å²) in [5, 5.41) is 7.52. The first-order valence-corrected chi connectivity index (χ1v) is 9.03. The predicted molar refractivity (Wildman–Crippen MR) is 103 cm³/mol. The first-order valence-electron chi connectivity index (χ1n) is 9.03. The van der Waals surface area contributed by atoms with Gasteiger partial charge in [-0.25, -0.2) is 4.98 Å². The van der Waals surface area contributed by atoms with Crippen LogP contribution in [0.4, 0.5) is 11.4 Å². The van der Waals surface area contributed by atoms with E-state index in [4.69, 9.17) is 9.26 Å². The standard InChI is InChI=1S/C20H22N4O3/c1-12-10-24(11-13(2)26-12)17-6-4-16(5-7-17)22-19(25)15-8-18-14(3)23-27-20(18)21-9-15/h4-9,12-13H,10-11H2,1-3H3,(H,22,25)/t12-,13+. The van der Waals surface area contributed by atoms with Crippen molar-refractivity contribution in [3.05, 3.63) is 47.8 Å². The van der Waals surface area contributed by atoms with Gasteiger partial charge in [0.25, 0.3) is 11.6 Å². The van der Waals surface area contributed by atoms with Crippen LogP contribution in [-0.2, 0) is 4.74 Å². The molecular formula is C20H22N4O3. The molecule has 2 atom stereocenters. The number of benzene rings is 1. The highest BCUT2D eigenvalue weighted by atomic mass is 16.5. The molecule has 0 unspecified atom stereocenters. The third kappa shape index (κ3) is 3.64. The summed E-state index contributed by atoms with van der Waals surface area (Å²) in [6, 6.07) is 9.61. The maximum atomic E-state index is 12.5. The van der Waals surface area contributed by atoms with Gasteiger partial charge in [0.15, 0.2) is 0 Å². The van der Waals surface area contributed by atoms with E-state index in [1.54, 1.807) is 6.07 Å². The molecule has 0 saturated carbocycles. The van der Waals surface area contributed by atoms with E-state index in [1.165, 1.54) is 6.20 Å². The largest absolute Gasteiger partial charge is 0.372 e. The van der Waals surface area contributed by atoms with Crippen LogP contribution in [0.15, 0.2) is 41.1 Å². The Hall–Kier alpha value is -2.93. The van der Waals surface area contributed by atoms with Crippen LogP contribution in [0.1, 0.15) is 29.9 Å². The highest BCUT2D eigenvalue weighted by molar-refractivity contribution is 6.05. The minimum Gasteiger partial charge on any atom is -0.372 e. The molecule has 1 amide bonds. The van der Waals surface area contributed by atoms with E-state index in [1.807, 2.05) is 31.2 Å². The molecule has 1 saturated heterocycles. The Morgan fingerprint density at radius 1 is 1.19 bits per heavy atom. The monoisotopic (exact) mass is 366 g/mol. The minimum absolute atomic E-state index is 0.205. The number of anilines is 2. The van der Waals surface area contributed by atoms with Gasteiger partial charge in [-0.2, -0.15) is 0 Å². The topological polar surface area (TPSA) is 80.5 Å². The van der Waals surface area contributed by atoms with Gasteiger partial charge in [-0.05, 0) is 51.1 Å². The van der Waals surface area contributed by atoms with Gasteiger partial charge in [-0.1, -0.05) is 5.16 Å². The Kier molecular flexibility index (Phi) is 4.53. The highest BCUT2D eigenvalue weighted by Crippen LogP contribution is 2.23. The van der Waals surface area contributed by atoms with Crippen LogP contribution >= 0.6 is 0 Å². The van der Waals surface area contributed by atoms with Crippen molar-refractivity contribution in [1.29, 1.82) is 0 Å². The van der Waals surface area contributed by atoms with E-state index < -0.39 is 0 Å². The molecule has 2 aromatic heterocycles. The molecule has 0 bridgehead atoms. The average molecular weight is 366 g/mol. The van der Waals surface area contributed by atoms with Crippen LogP contribution in [0.5, 0.6) is 0 Å². The van der Waals surface area contributed by atoms with Crippen molar-refractivity contribution in [2.75, 3.05) is 23.3 Å². The summed E-state index contributed by atoms with van der Waals surface area (Å²) in [6.45, 7) is 7.71. The third-order valence-electron chi connectivity index (χ3n) is 4.68. The summed E-state index contributed by atoms with van der Waals surface area (Å²) in [6.07, 6.45) is 1.90. The van der Waals surface area contributed by atoms with Crippen LogP contribution in [0.3, 0.4) is 0 Å². The summed E-state index contributed by atoms with van der Waals surface area (Å²) >= 11 is 0. The van der Waals surface area contributed by atoms with Gasteiger partial charge in [0.2, 0.25) is 0 Å². The van der Waals surface area contributed by atoms with Gasteiger partial charge >= 0.3 is 0 Å². The Labute approximate surface area is 157 Å². The third-order valence-corrected chi connectivity index (χ3v) is 4.68. The zero-order chi connectivity index (χ0) is 19.0. The molecule has 0 spiro atoms. The number of carbonyl (C=O) groups excluding carboxylic acids is 1. The second-order valence-corrected chi connectivity index (χ2v) is 7.01. The van der Waals surface area contributed by atoms with Crippen molar-refractivity contribution in [2.24, 2.45) is 0 Å². The average Bonchev–Trinajstić information content (AvgIpc) is 3.02. The molecule has 0 aliphatic carbocycles. The maximum absolute atomic E-state index is 12.5. The molecule has 140 valence electrons. The fourth-order valence-corrected chi connectivity index (χ4v) is 3.42. The number of fused-ring (bicyclic) bond motifs is 1. The van der Waals surface area contributed by atoms with Crippen molar-refractivity contribution in [1.82, 2.24) is 10.1 Å². The number of rotatable bonds is 3. The zero-order valence-electron chi connectivity index (χ0n) is 15.6. The molecule has 7 nitrogen and oxygen atoms in total. The SMILES string of the molecule is Cc1noc2ncc(C(=O)Nc3ccc(N4C[C@@H](C)O[C@@H](C)C4)cc3)cc12. The van der Waals surface area contributed by atoms with Crippen molar-refractivity contribution < 1.29 is 14.1 Å². The number of hydrogen-bond donors (Lipinski definition) is 1. The van der Waals surface area contributed by atoms with Crippen molar-refractivity contribution in [3.63, 3.8) is 0 Å². The summed E-state index contributed by atoms with van der Waals surface area (Å²) < 4.78 is 10.9. The van der Waals surface area contributed by atoms with Crippen LogP contribution < -0.4 is 10.2 Å². The number of ether oxygens (including phenoxy) is 1. The van der Waals surface area contributed by atoms with Crippen molar-refractivity contribution in [3.8, 4) is 0 Å². The first kappa shape index (κ1) is 17.5. The number of pyridine rings is 1. The Bertz CT molecular complexity index is 957. The summed E-state index contributed by atoms with van der Waals surface area (Å²) in [5.41, 5.74) is 3.47. The Morgan fingerprint density at radius 2 is 1.89 bits per heavy atom. The van der Waals surface area contributed by atoms with Gasteiger partial charge < -0.3 is 19.5 Å². The number of hydrogen-bond acceptors (Lipinski definition) is 6. The van der Waals surface area contributed by atoms with Gasteiger partial charge in [0.1, 0.15) is 0 Å². The number of nitrogens with one attached hydrogen (secondary N) is 1. The minimum atomic E-state index is -0.216. The molecule has 3 aromatic rings. The molecule has 1 aliphatic heterocycles. The lowest BCUT2D eigenvalue weighted by Gasteiger charge is -2.36. The van der Waals surface area contributed by atoms with E-state index in [0.717, 1.165) is 29.9 Å². The number of aromatic nitrogens is 2. The predicted octanol–water partition coefficient (Wildman–Crippen LogP) is 3.40. The van der Waals surface area contributed by atoms with Crippen LogP contribution in [-0.4, -0.2) is 41.3 Å². The molecule has 0 radical (unpaired) electrons.